The molecule has 1 aliphatic heterocycles. The van der Waals surface area contributed by atoms with Crippen molar-refractivity contribution in [2.24, 2.45) is 0 Å². The second-order valence-corrected chi connectivity index (χ2v) is 3.39. The van der Waals surface area contributed by atoms with Gasteiger partial charge < -0.3 is 4.90 Å². The summed E-state index contributed by atoms with van der Waals surface area (Å²) < 4.78 is 35.4. The molecule has 4 heteroatoms. The average molecular weight is 211 g/mol. The summed E-state index contributed by atoms with van der Waals surface area (Å²) in [5.74, 6) is 0. The van der Waals surface area contributed by atoms with Crippen molar-refractivity contribution in [1.29, 1.82) is 0 Å². The predicted molar refractivity (Wildman–Crippen MR) is 52.3 cm³/mol. The molecule has 1 unspecified atom stereocenters. The van der Waals surface area contributed by atoms with Gasteiger partial charge in [0, 0.05) is 12.6 Å². The van der Waals surface area contributed by atoms with Gasteiger partial charge in [-0.25, -0.2) is 0 Å². The van der Waals surface area contributed by atoms with E-state index in [1.54, 1.807) is 0 Å². The molecule has 86 valence electrons. The van der Waals surface area contributed by atoms with E-state index in [2.05, 4.69) is 0 Å². The highest BCUT2D eigenvalue weighted by Gasteiger charge is 2.30. The van der Waals surface area contributed by atoms with Crippen LogP contribution >= 0.6 is 0 Å². The summed E-state index contributed by atoms with van der Waals surface area (Å²) in [6.45, 7) is 6.99. The van der Waals surface area contributed by atoms with E-state index in [1.165, 1.54) is 0 Å². The number of rotatable bonds is 2. The lowest BCUT2D eigenvalue weighted by Gasteiger charge is -2.21. The van der Waals surface area contributed by atoms with E-state index in [1.807, 2.05) is 25.7 Å². The largest absolute Gasteiger partial charge is 0.390 e. The van der Waals surface area contributed by atoms with Gasteiger partial charge >= 0.3 is 6.18 Å². The Kier molecular flexibility index (Phi) is 6.16. The Morgan fingerprint density at radius 1 is 1.29 bits per heavy atom. The summed E-state index contributed by atoms with van der Waals surface area (Å²) in [7, 11) is 0. The minimum Gasteiger partial charge on any atom is -0.300 e. The third kappa shape index (κ3) is 5.47. The van der Waals surface area contributed by atoms with Crippen LogP contribution in [0.2, 0.25) is 0 Å². The first-order chi connectivity index (χ1) is 6.49. The second-order valence-electron chi connectivity index (χ2n) is 3.39. The van der Waals surface area contributed by atoms with Crippen LogP contribution in [0.1, 0.15) is 40.0 Å². The zero-order valence-corrected chi connectivity index (χ0v) is 9.19. The highest BCUT2D eigenvalue weighted by molar-refractivity contribution is 4.75. The maximum absolute atomic E-state index is 11.8. The van der Waals surface area contributed by atoms with Crippen molar-refractivity contribution in [3.05, 3.63) is 0 Å². The van der Waals surface area contributed by atoms with Crippen molar-refractivity contribution in [3.8, 4) is 0 Å². The van der Waals surface area contributed by atoms with Gasteiger partial charge in [0.2, 0.25) is 0 Å². The van der Waals surface area contributed by atoms with Crippen molar-refractivity contribution in [2.75, 3.05) is 13.1 Å². The highest BCUT2D eigenvalue weighted by atomic mass is 19.4. The van der Waals surface area contributed by atoms with Gasteiger partial charge in [-0.1, -0.05) is 13.8 Å². The number of likely N-dealkylation sites (tertiary alicyclic amines) is 1. The molecule has 0 aromatic carbocycles. The first-order valence-electron chi connectivity index (χ1n) is 5.30. The summed E-state index contributed by atoms with van der Waals surface area (Å²) >= 11 is 0. The number of hydrogen-bond donors (Lipinski definition) is 0. The fourth-order valence-electron chi connectivity index (χ4n) is 1.60. The standard InChI is InChI=1S/C8H14F3N.C2H6/c1-7-3-2-5-12(7)6-4-8(9,10)11;1-2/h7H,2-6H2,1H3;1-2H3. The quantitative estimate of drug-likeness (QED) is 0.676. The van der Waals surface area contributed by atoms with Crippen molar-refractivity contribution in [1.82, 2.24) is 4.90 Å². The van der Waals surface area contributed by atoms with Gasteiger partial charge in [0.15, 0.2) is 0 Å². The molecule has 0 aromatic heterocycles. The Labute approximate surface area is 84.3 Å². The number of alkyl halides is 3. The first kappa shape index (κ1) is 13.8. The van der Waals surface area contributed by atoms with Gasteiger partial charge in [-0.15, -0.1) is 0 Å². The van der Waals surface area contributed by atoms with E-state index in [9.17, 15) is 13.2 Å². The zero-order chi connectivity index (χ0) is 11.2. The molecule has 0 spiro atoms. The Balaban J connectivity index is 0.000000791. The molecule has 0 bridgehead atoms. The Bertz CT molecular complexity index is 145. The summed E-state index contributed by atoms with van der Waals surface area (Å²) in [4.78, 5) is 1.91. The molecule has 14 heavy (non-hydrogen) atoms. The maximum atomic E-state index is 11.8. The van der Waals surface area contributed by atoms with Gasteiger partial charge in [0.1, 0.15) is 0 Å². The molecule has 1 nitrogen and oxygen atoms in total. The molecule has 0 N–H and O–H groups in total. The Morgan fingerprint density at radius 3 is 2.21 bits per heavy atom. The predicted octanol–water partition coefficient (Wildman–Crippen LogP) is 3.45. The first-order valence-corrected chi connectivity index (χ1v) is 5.30. The van der Waals surface area contributed by atoms with E-state index in [4.69, 9.17) is 0 Å². The van der Waals surface area contributed by atoms with Crippen LogP contribution < -0.4 is 0 Å². The van der Waals surface area contributed by atoms with E-state index in [0.29, 0.717) is 6.04 Å². The van der Waals surface area contributed by atoms with E-state index in [0.717, 1.165) is 19.4 Å². The minimum atomic E-state index is -4.00. The Hall–Kier alpha value is -0.250. The van der Waals surface area contributed by atoms with Crippen LogP contribution in [-0.4, -0.2) is 30.2 Å². The smallest absolute Gasteiger partial charge is 0.300 e. The number of halogens is 3. The number of hydrogen-bond acceptors (Lipinski definition) is 1. The lowest BCUT2D eigenvalue weighted by Crippen LogP contribution is -2.30. The summed E-state index contributed by atoms with van der Waals surface area (Å²) in [6, 6.07) is 0.340. The summed E-state index contributed by atoms with van der Waals surface area (Å²) in [6.07, 6.45) is -2.59. The molecular weight excluding hydrogens is 191 g/mol. The molecule has 0 aromatic rings. The van der Waals surface area contributed by atoms with Crippen LogP contribution in [-0.2, 0) is 0 Å². The van der Waals surface area contributed by atoms with Crippen LogP contribution in [0.15, 0.2) is 0 Å². The number of nitrogens with zero attached hydrogens (tertiary/aromatic N) is 1. The maximum Gasteiger partial charge on any atom is 0.390 e. The van der Waals surface area contributed by atoms with Crippen LogP contribution in [0.3, 0.4) is 0 Å². The SMILES string of the molecule is CC.CC1CCCN1CCC(F)(F)F. The Morgan fingerprint density at radius 2 is 1.86 bits per heavy atom. The van der Waals surface area contributed by atoms with Crippen molar-refractivity contribution >= 4 is 0 Å². The second kappa shape index (κ2) is 6.27. The lowest BCUT2D eigenvalue weighted by atomic mass is 10.2. The third-order valence-corrected chi connectivity index (χ3v) is 2.37. The normalized spacial score (nSPS) is 23.1. The summed E-state index contributed by atoms with van der Waals surface area (Å²) in [5.41, 5.74) is 0. The van der Waals surface area contributed by atoms with Crippen LogP contribution in [0, 0.1) is 0 Å². The van der Waals surface area contributed by atoms with Crippen molar-refractivity contribution in [2.45, 2.75) is 52.3 Å². The third-order valence-electron chi connectivity index (χ3n) is 2.37. The lowest BCUT2D eigenvalue weighted by molar-refractivity contribution is -0.138. The molecule has 0 aliphatic carbocycles. The van der Waals surface area contributed by atoms with E-state index in [-0.39, 0.29) is 6.54 Å². The molecule has 1 atom stereocenters. The molecular formula is C10H20F3N. The average Bonchev–Trinajstić information content (AvgIpc) is 2.50. The van der Waals surface area contributed by atoms with Gasteiger partial charge in [-0.3, -0.25) is 0 Å². The monoisotopic (exact) mass is 211 g/mol. The van der Waals surface area contributed by atoms with Gasteiger partial charge in [-0.2, -0.15) is 13.2 Å². The molecule has 0 saturated carbocycles. The van der Waals surface area contributed by atoms with Crippen molar-refractivity contribution < 1.29 is 13.2 Å². The topological polar surface area (TPSA) is 3.24 Å². The molecule has 1 rings (SSSR count). The molecule has 1 heterocycles. The zero-order valence-electron chi connectivity index (χ0n) is 9.19. The van der Waals surface area contributed by atoms with Gasteiger partial charge in [0.05, 0.1) is 6.42 Å². The minimum absolute atomic E-state index is 0.171. The molecule has 1 aliphatic rings. The van der Waals surface area contributed by atoms with E-state index < -0.39 is 12.6 Å². The van der Waals surface area contributed by atoms with E-state index >= 15 is 0 Å². The molecule has 1 saturated heterocycles. The van der Waals surface area contributed by atoms with Crippen molar-refractivity contribution in [3.63, 3.8) is 0 Å². The fraction of sp³-hybridized carbons (Fsp3) is 1.00. The highest BCUT2D eigenvalue weighted by Crippen LogP contribution is 2.23. The molecule has 0 radical (unpaired) electrons. The summed E-state index contributed by atoms with van der Waals surface area (Å²) in [5, 5.41) is 0. The fourth-order valence-corrected chi connectivity index (χ4v) is 1.60. The van der Waals surface area contributed by atoms with Gasteiger partial charge in [-0.05, 0) is 26.3 Å². The molecule has 1 fully saturated rings. The van der Waals surface area contributed by atoms with Crippen LogP contribution in [0.25, 0.3) is 0 Å². The van der Waals surface area contributed by atoms with Crippen LogP contribution in [0.4, 0.5) is 13.2 Å². The van der Waals surface area contributed by atoms with Crippen LogP contribution in [0.5, 0.6) is 0 Å². The van der Waals surface area contributed by atoms with Gasteiger partial charge in [0.25, 0.3) is 0 Å². The molecule has 0 amide bonds.